The standard InChI is InChI=1S/C22H28O8/c1-27-16-9-14(10-17(11-16)28-2)7-6-13-4-3-5-15(8-13)29-22-21(26)20(25)19(24)18(12-23)30-22/h3-5,8-11,18-26H,6-7,12H2,1-2H3/t18-,19-,20+,21-,22-/m1/s1. The summed E-state index contributed by atoms with van der Waals surface area (Å²) < 4.78 is 21.7. The Morgan fingerprint density at radius 3 is 2.07 bits per heavy atom. The summed E-state index contributed by atoms with van der Waals surface area (Å²) in [7, 11) is 3.22. The quantitative estimate of drug-likeness (QED) is 0.492. The first kappa shape index (κ1) is 22.3. The van der Waals surface area contributed by atoms with Crippen molar-refractivity contribution in [1.29, 1.82) is 0 Å². The molecule has 0 aromatic heterocycles. The monoisotopic (exact) mass is 420 g/mol. The lowest BCUT2D eigenvalue weighted by atomic mass is 9.99. The highest BCUT2D eigenvalue weighted by atomic mass is 16.7. The van der Waals surface area contributed by atoms with E-state index < -0.39 is 37.3 Å². The van der Waals surface area contributed by atoms with Crippen molar-refractivity contribution in [2.24, 2.45) is 0 Å². The summed E-state index contributed by atoms with van der Waals surface area (Å²) >= 11 is 0. The van der Waals surface area contributed by atoms with E-state index in [0.717, 1.165) is 35.5 Å². The number of benzene rings is 2. The second-order valence-electron chi connectivity index (χ2n) is 7.18. The van der Waals surface area contributed by atoms with Gasteiger partial charge >= 0.3 is 0 Å². The van der Waals surface area contributed by atoms with Crippen LogP contribution in [0.5, 0.6) is 17.2 Å². The number of methoxy groups -OCH3 is 2. The van der Waals surface area contributed by atoms with E-state index in [-0.39, 0.29) is 0 Å². The molecule has 164 valence electrons. The summed E-state index contributed by atoms with van der Waals surface area (Å²) in [6.07, 6.45) is -5.10. The predicted octanol–water partition coefficient (Wildman–Crippen LogP) is 0.668. The zero-order valence-corrected chi connectivity index (χ0v) is 17.0. The second-order valence-corrected chi connectivity index (χ2v) is 7.18. The first-order chi connectivity index (χ1) is 14.4. The fourth-order valence-corrected chi connectivity index (χ4v) is 3.37. The van der Waals surface area contributed by atoms with E-state index >= 15 is 0 Å². The predicted molar refractivity (Wildman–Crippen MR) is 108 cm³/mol. The number of aliphatic hydroxyl groups is 4. The summed E-state index contributed by atoms with van der Waals surface area (Å²) in [6.45, 7) is -0.505. The normalized spacial score (nSPS) is 26.3. The number of rotatable bonds is 8. The number of aliphatic hydroxyl groups excluding tert-OH is 4. The largest absolute Gasteiger partial charge is 0.497 e. The van der Waals surface area contributed by atoms with Crippen molar-refractivity contribution in [3.05, 3.63) is 53.6 Å². The van der Waals surface area contributed by atoms with Crippen LogP contribution in [0.25, 0.3) is 0 Å². The van der Waals surface area contributed by atoms with Crippen molar-refractivity contribution in [2.75, 3.05) is 20.8 Å². The topological polar surface area (TPSA) is 118 Å². The zero-order chi connectivity index (χ0) is 21.7. The molecule has 0 radical (unpaired) electrons. The molecule has 0 bridgehead atoms. The van der Waals surface area contributed by atoms with Crippen LogP contribution in [0.1, 0.15) is 11.1 Å². The fourth-order valence-electron chi connectivity index (χ4n) is 3.37. The molecule has 0 amide bonds. The molecule has 0 unspecified atom stereocenters. The summed E-state index contributed by atoms with van der Waals surface area (Å²) in [5.74, 6) is 1.90. The Morgan fingerprint density at radius 2 is 1.43 bits per heavy atom. The van der Waals surface area contributed by atoms with Crippen LogP contribution in [-0.4, -0.2) is 72.0 Å². The van der Waals surface area contributed by atoms with Crippen molar-refractivity contribution < 1.29 is 39.4 Å². The molecule has 1 aliphatic rings. The molecule has 30 heavy (non-hydrogen) atoms. The van der Waals surface area contributed by atoms with Crippen molar-refractivity contribution in [3.8, 4) is 17.2 Å². The average molecular weight is 420 g/mol. The van der Waals surface area contributed by atoms with Gasteiger partial charge in [0.2, 0.25) is 6.29 Å². The highest BCUT2D eigenvalue weighted by Crippen LogP contribution is 2.26. The Bertz CT molecular complexity index is 802. The Hall–Kier alpha value is -2.36. The smallest absolute Gasteiger partial charge is 0.229 e. The van der Waals surface area contributed by atoms with Crippen LogP contribution in [0.2, 0.25) is 0 Å². The highest BCUT2D eigenvalue weighted by Gasteiger charge is 2.44. The van der Waals surface area contributed by atoms with E-state index in [1.165, 1.54) is 0 Å². The number of hydrogen-bond donors (Lipinski definition) is 4. The molecule has 4 N–H and O–H groups in total. The Labute approximate surface area is 175 Å². The molecular formula is C22H28O8. The third-order valence-electron chi connectivity index (χ3n) is 5.11. The molecule has 1 aliphatic heterocycles. The Kier molecular flexibility index (Phi) is 7.52. The summed E-state index contributed by atoms with van der Waals surface area (Å²) in [6, 6.07) is 13.0. The average Bonchev–Trinajstić information content (AvgIpc) is 2.78. The lowest BCUT2D eigenvalue weighted by Gasteiger charge is -2.39. The van der Waals surface area contributed by atoms with Crippen molar-refractivity contribution >= 4 is 0 Å². The molecule has 8 heteroatoms. The third kappa shape index (κ3) is 5.21. The van der Waals surface area contributed by atoms with Gasteiger partial charge in [-0.05, 0) is 48.2 Å². The molecule has 5 atom stereocenters. The van der Waals surface area contributed by atoms with Crippen molar-refractivity contribution in [2.45, 2.75) is 43.5 Å². The van der Waals surface area contributed by atoms with E-state index in [1.54, 1.807) is 20.3 Å². The number of aryl methyl sites for hydroxylation is 2. The summed E-state index contributed by atoms with van der Waals surface area (Å²) in [5.41, 5.74) is 2.06. The molecule has 0 spiro atoms. The highest BCUT2D eigenvalue weighted by molar-refractivity contribution is 5.39. The van der Waals surface area contributed by atoms with E-state index in [1.807, 2.05) is 36.4 Å². The maximum absolute atomic E-state index is 10.1. The summed E-state index contributed by atoms with van der Waals surface area (Å²) in [4.78, 5) is 0. The molecule has 2 aromatic rings. The fraction of sp³-hybridized carbons (Fsp3) is 0.455. The lowest BCUT2D eigenvalue weighted by molar-refractivity contribution is -0.277. The van der Waals surface area contributed by atoms with Gasteiger partial charge in [0.25, 0.3) is 0 Å². The van der Waals surface area contributed by atoms with Crippen LogP contribution < -0.4 is 14.2 Å². The van der Waals surface area contributed by atoms with Crippen LogP contribution in [0.4, 0.5) is 0 Å². The molecule has 8 nitrogen and oxygen atoms in total. The molecular weight excluding hydrogens is 392 g/mol. The second kappa shape index (κ2) is 10.1. The maximum atomic E-state index is 10.1. The van der Waals surface area contributed by atoms with Gasteiger partial charge in [0.1, 0.15) is 41.7 Å². The minimum atomic E-state index is -1.48. The molecule has 0 aliphatic carbocycles. The van der Waals surface area contributed by atoms with Gasteiger partial charge < -0.3 is 39.4 Å². The van der Waals surface area contributed by atoms with E-state index in [0.29, 0.717) is 5.75 Å². The van der Waals surface area contributed by atoms with Crippen LogP contribution in [0.3, 0.4) is 0 Å². The summed E-state index contributed by atoms with van der Waals surface area (Å²) in [5, 5.41) is 39.2. The molecule has 1 saturated heterocycles. The zero-order valence-electron chi connectivity index (χ0n) is 17.0. The third-order valence-corrected chi connectivity index (χ3v) is 5.11. The minimum Gasteiger partial charge on any atom is -0.497 e. The number of hydrogen-bond acceptors (Lipinski definition) is 8. The van der Waals surface area contributed by atoms with Crippen LogP contribution >= 0.6 is 0 Å². The molecule has 1 heterocycles. The van der Waals surface area contributed by atoms with E-state index in [9.17, 15) is 20.4 Å². The van der Waals surface area contributed by atoms with Crippen LogP contribution in [0.15, 0.2) is 42.5 Å². The van der Waals surface area contributed by atoms with Gasteiger partial charge in [-0.3, -0.25) is 0 Å². The van der Waals surface area contributed by atoms with E-state index in [4.69, 9.17) is 18.9 Å². The first-order valence-corrected chi connectivity index (χ1v) is 9.73. The molecule has 2 aromatic carbocycles. The van der Waals surface area contributed by atoms with Crippen molar-refractivity contribution in [1.82, 2.24) is 0 Å². The van der Waals surface area contributed by atoms with Crippen LogP contribution in [-0.2, 0) is 17.6 Å². The minimum absolute atomic E-state index is 0.444. The van der Waals surface area contributed by atoms with Gasteiger partial charge in [0.15, 0.2) is 0 Å². The molecule has 3 rings (SSSR count). The Balaban J connectivity index is 1.66. The lowest BCUT2D eigenvalue weighted by Crippen LogP contribution is -2.60. The Morgan fingerprint density at radius 1 is 0.800 bits per heavy atom. The first-order valence-electron chi connectivity index (χ1n) is 9.73. The molecule has 1 fully saturated rings. The van der Waals surface area contributed by atoms with Gasteiger partial charge in [-0.25, -0.2) is 0 Å². The maximum Gasteiger partial charge on any atom is 0.229 e. The van der Waals surface area contributed by atoms with Crippen molar-refractivity contribution in [3.63, 3.8) is 0 Å². The van der Waals surface area contributed by atoms with Gasteiger partial charge in [-0.1, -0.05) is 12.1 Å². The SMILES string of the molecule is COc1cc(CCc2cccc(O[C@@H]3O[C@H](CO)[C@@H](O)[C@H](O)[C@H]3O)c2)cc(OC)c1. The van der Waals surface area contributed by atoms with E-state index in [2.05, 4.69) is 0 Å². The van der Waals surface area contributed by atoms with Gasteiger partial charge in [0, 0.05) is 6.07 Å². The van der Waals surface area contributed by atoms with Gasteiger partial charge in [0.05, 0.1) is 20.8 Å². The number of ether oxygens (including phenoxy) is 4. The molecule has 0 saturated carbocycles. The van der Waals surface area contributed by atoms with Gasteiger partial charge in [-0.2, -0.15) is 0 Å². The van der Waals surface area contributed by atoms with Crippen LogP contribution in [0, 0.1) is 0 Å². The van der Waals surface area contributed by atoms with Gasteiger partial charge in [-0.15, -0.1) is 0 Å².